The maximum atomic E-state index is 12.4. The molecule has 0 aromatic heterocycles. The number of thiol groups is 1. The van der Waals surface area contributed by atoms with Gasteiger partial charge in [0.1, 0.15) is 0 Å². The van der Waals surface area contributed by atoms with E-state index in [2.05, 4.69) is 19.6 Å². The quantitative estimate of drug-likeness (QED) is 0.859. The largest absolute Gasteiger partial charge is 0.376 e. The summed E-state index contributed by atoms with van der Waals surface area (Å²) in [6, 6.07) is 7.37. The number of carbonyl (C=O) groups is 1. The Morgan fingerprint density at radius 1 is 1.42 bits per heavy atom. The summed E-state index contributed by atoms with van der Waals surface area (Å²) in [5.74, 6) is 0.0955. The molecule has 0 bridgehead atoms. The van der Waals surface area contributed by atoms with Gasteiger partial charge in [0.15, 0.2) is 0 Å². The third kappa shape index (κ3) is 3.98. The van der Waals surface area contributed by atoms with E-state index in [0.29, 0.717) is 6.54 Å². The number of amides is 1. The van der Waals surface area contributed by atoms with Crippen LogP contribution in [-0.4, -0.2) is 36.6 Å². The van der Waals surface area contributed by atoms with Crippen LogP contribution in [-0.2, 0) is 4.74 Å². The molecule has 1 aromatic carbocycles. The molecule has 0 radical (unpaired) electrons. The lowest BCUT2D eigenvalue weighted by atomic mass is 10.1. The molecule has 1 amide bonds. The molecule has 1 saturated heterocycles. The molecule has 4 heteroatoms. The molecule has 1 atom stereocenters. The molecule has 19 heavy (non-hydrogen) atoms. The molecule has 1 aliphatic heterocycles. The van der Waals surface area contributed by atoms with Gasteiger partial charge >= 0.3 is 0 Å². The maximum Gasteiger partial charge on any atom is 0.253 e. The average Bonchev–Trinajstić information content (AvgIpc) is 2.45. The number of piperidine rings is 1. The van der Waals surface area contributed by atoms with Crippen LogP contribution >= 0.6 is 12.6 Å². The van der Waals surface area contributed by atoms with Crippen molar-refractivity contribution in [3.8, 4) is 0 Å². The normalized spacial score (nSPS) is 19.5. The van der Waals surface area contributed by atoms with Crippen molar-refractivity contribution in [1.82, 2.24) is 4.90 Å². The van der Waals surface area contributed by atoms with Crippen molar-refractivity contribution in [1.29, 1.82) is 0 Å². The van der Waals surface area contributed by atoms with E-state index in [1.165, 1.54) is 0 Å². The summed E-state index contributed by atoms with van der Waals surface area (Å²) < 4.78 is 5.76. The Morgan fingerprint density at radius 2 is 2.16 bits per heavy atom. The van der Waals surface area contributed by atoms with Gasteiger partial charge in [-0.05, 0) is 43.5 Å². The highest BCUT2D eigenvalue weighted by Crippen LogP contribution is 2.17. The molecule has 1 unspecified atom stereocenters. The van der Waals surface area contributed by atoms with E-state index in [1.54, 1.807) is 0 Å². The number of benzene rings is 1. The molecule has 3 nitrogen and oxygen atoms in total. The van der Waals surface area contributed by atoms with Crippen LogP contribution in [0.2, 0.25) is 0 Å². The lowest BCUT2D eigenvalue weighted by molar-refractivity contribution is 0.00211. The summed E-state index contributed by atoms with van der Waals surface area (Å²) in [6.07, 6.45) is 3.29. The van der Waals surface area contributed by atoms with Crippen LogP contribution in [0.15, 0.2) is 29.2 Å². The van der Waals surface area contributed by atoms with Crippen LogP contribution in [0.25, 0.3) is 0 Å². The van der Waals surface area contributed by atoms with Crippen LogP contribution in [0.5, 0.6) is 0 Å². The van der Waals surface area contributed by atoms with Gasteiger partial charge in [-0.1, -0.05) is 6.92 Å². The monoisotopic (exact) mass is 279 g/mol. The van der Waals surface area contributed by atoms with E-state index in [9.17, 15) is 4.79 Å². The van der Waals surface area contributed by atoms with E-state index in [-0.39, 0.29) is 12.0 Å². The van der Waals surface area contributed by atoms with Crippen LogP contribution in [0, 0.1) is 0 Å². The van der Waals surface area contributed by atoms with Crippen molar-refractivity contribution in [3.63, 3.8) is 0 Å². The first-order valence-electron chi connectivity index (χ1n) is 6.90. The Bertz CT molecular complexity index is 419. The summed E-state index contributed by atoms with van der Waals surface area (Å²) >= 11 is 4.24. The van der Waals surface area contributed by atoms with Crippen LogP contribution in [0.3, 0.4) is 0 Å². The predicted octanol–water partition coefficient (Wildman–Crippen LogP) is 3.01. The van der Waals surface area contributed by atoms with Crippen molar-refractivity contribution < 1.29 is 9.53 Å². The third-order valence-electron chi connectivity index (χ3n) is 3.34. The molecule has 0 spiro atoms. The van der Waals surface area contributed by atoms with Gasteiger partial charge in [0.2, 0.25) is 0 Å². The highest BCUT2D eigenvalue weighted by molar-refractivity contribution is 7.80. The van der Waals surface area contributed by atoms with Crippen molar-refractivity contribution in [3.05, 3.63) is 29.8 Å². The first kappa shape index (κ1) is 14.4. The summed E-state index contributed by atoms with van der Waals surface area (Å²) in [7, 11) is 0. The number of nitrogens with zero attached hydrogens (tertiary/aromatic N) is 1. The van der Waals surface area contributed by atoms with Gasteiger partial charge in [-0.25, -0.2) is 0 Å². The number of likely N-dealkylation sites (tertiary alicyclic amines) is 1. The Morgan fingerprint density at radius 3 is 2.84 bits per heavy atom. The molecule has 1 aliphatic rings. The molecule has 104 valence electrons. The van der Waals surface area contributed by atoms with E-state index in [1.807, 2.05) is 29.2 Å². The SMILES string of the molecule is CCCOC1CCCN(C(=O)c2ccc(S)cc2)C1. The first-order valence-corrected chi connectivity index (χ1v) is 7.35. The average molecular weight is 279 g/mol. The molecule has 0 saturated carbocycles. The van der Waals surface area contributed by atoms with Crippen molar-refractivity contribution in [2.75, 3.05) is 19.7 Å². The van der Waals surface area contributed by atoms with Gasteiger partial charge in [0.25, 0.3) is 5.91 Å². The second-order valence-corrected chi connectivity index (χ2v) is 5.45. The fourth-order valence-electron chi connectivity index (χ4n) is 2.33. The molecule has 2 rings (SSSR count). The van der Waals surface area contributed by atoms with Gasteiger partial charge in [-0.2, -0.15) is 0 Å². The number of hydrogen-bond donors (Lipinski definition) is 1. The number of ether oxygens (including phenoxy) is 1. The highest BCUT2D eigenvalue weighted by atomic mass is 32.1. The third-order valence-corrected chi connectivity index (χ3v) is 3.64. The fourth-order valence-corrected chi connectivity index (χ4v) is 2.48. The van der Waals surface area contributed by atoms with E-state index in [0.717, 1.165) is 42.9 Å². The summed E-state index contributed by atoms with van der Waals surface area (Å²) in [6.45, 7) is 4.42. The summed E-state index contributed by atoms with van der Waals surface area (Å²) in [5.41, 5.74) is 0.731. The van der Waals surface area contributed by atoms with Crippen molar-refractivity contribution in [2.45, 2.75) is 37.2 Å². The maximum absolute atomic E-state index is 12.4. The Labute approximate surface area is 120 Å². The topological polar surface area (TPSA) is 29.5 Å². The first-order chi connectivity index (χ1) is 9.20. The van der Waals surface area contributed by atoms with Crippen molar-refractivity contribution >= 4 is 18.5 Å². The molecule has 1 heterocycles. The Hall–Kier alpha value is -1.00. The van der Waals surface area contributed by atoms with Crippen LogP contribution < -0.4 is 0 Å². The molecule has 1 fully saturated rings. The van der Waals surface area contributed by atoms with E-state index < -0.39 is 0 Å². The summed E-state index contributed by atoms with van der Waals surface area (Å²) in [4.78, 5) is 15.2. The minimum atomic E-state index is 0.0955. The van der Waals surface area contributed by atoms with E-state index in [4.69, 9.17) is 4.74 Å². The number of rotatable bonds is 4. The lowest BCUT2D eigenvalue weighted by Crippen LogP contribution is -2.43. The fraction of sp³-hybridized carbons (Fsp3) is 0.533. The zero-order valence-corrected chi connectivity index (χ0v) is 12.2. The highest BCUT2D eigenvalue weighted by Gasteiger charge is 2.24. The second-order valence-electron chi connectivity index (χ2n) is 4.93. The lowest BCUT2D eigenvalue weighted by Gasteiger charge is -2.32. The Balaban J connectivity index is 1.96. The smallest absolute Gasteiger partial charge is 0.253 e. The standard InChI is InChI=1S/C15H21NO2S/c1-2-10-18-13-4-3-9-16(11-13)15(17)12-5-7-14(19)8-6-12/h5-8,13,19H,2-4,9-11H2,1H3. The summed E-state index contributed by atoms with van der Waals surface area (Å²) in [5, 5.41) is 0. The Kier molecular flexibility index (Phi) is 5.28. The number of carbonyl (C=O) groups excluding carboxylic acids is 1. The number of hydrogen-bond acceptors (Lipinski definition) is 3. The van der Waals surface area contributed by atoms with E-state index >= 15 is 0 Å². The molecular formula is C15H21NO2S. The molecule has 1 aromatic rings. The van der Waals surface area contributed by atoms with Crippen LogP contribution in [0.4, 0.5) is 0 Å². The molecular weight excluding hydrogens is 258 g/mol. The van der Waals surface area contributed by atoms with Gasteiger partial charge < -0.3 is 9.64 Å². The molecule has 0 N–H and O–H groups in total. The van der Waals surface area contributed by atoms with Gasteiger partial charge in [-0.15, -0.1) is 12.6 Å². The van der Waals surface area contributed by atoms with Crippen LogP contribution in [0.1, 0.15) is 36.5 Å². The second kappa shape index (κ2) is 6.96. The minimum Gasteiger partial charge on any atom is -0.376 e. The van der Waals surface area contributed by atoms with Gasteiger partial charge in [0.05, 0.1) is 6.10 Å². The van der Waals surface area contributed by atoms with Gasteiger partial charge in [-0.3, -0.25) is 4.79 Å². The molecule has 0 aliphatic carbocycles. The van der Waals surface area contributed by atoms with Gasteiger partial charge in [0, 0.05) is 30.2 Å². The zero-order chi connectivity index (χ0) is 13.7. The minimum absolute atomic E-state index is 0.0955. The zero-order valence-electron chi connectivity index (χ0n) is 11.3. The predicted molar refractivity (Wildman–Crippen MR) is 78.9 cm³/mol. The van der Waals surface area contributed by atoms with Crippen molar-refractivity contribution in [2.24, 2.45) is 0 Å².